The SMILES string of the molecule is O=C(c1ccc(Cl)s1)C1Cc2ccccc2O1. The molecule has 1 unspecified atom stereocenters. The Morgan fingerprint density at radius 2 is 2.12 bits per heavy atom. The minimum absolute atomic E-state index is 0.0121. The first-order valence-corrected chi connectivity index (χ1v) is 6.47. The molecule has 2 nitrogen and oxygen atoms in total. The Balaban J connectivity index is 1.83. The van der Waals surface area contributed by atoms with E-state index in [1.807, 2.05) is 24.3 Å². The maximum atomic E-state index is 12.2. The van der Waals surface area contributed by atoms with Crippen LogP contribution in [0, 0.1) is 0 Å². The van der Waals surface area contributed by atoms with Crippen molar-refractivity contribution in [2.45, 2.75) is 12.5 Å². The summed E-state index contributed by atoms with van der Waals surface area (Å²) in [5.74, 6) is 0.826. The van der Waals surface area contributed by atoms with Crippen LogP contribution in [0.4, 0.5) is 0 Å². The molecule has 0 radical (unpaired) electrons. The fraction of sp³-hybridized carbons (Fsp3) is 0.154. The van der Waals surface area contributed by atoms with Crippen LogP contribution >= 0.6 is 22.9 Å². The van der Waals surface area contributed by atoms with E-state index in [2.05, 4.69) is 0 Å². The number of halogens is 1. The lowest BCUT2D eigenvalue weighted by Gasteiger charge is -2.07. The van der Waals surface area contributed by atoms with Crippen LogP contribution < -0.4 is 4.74 Å². The highest BCUT2D eigenvalue weighted by Crippen LogP contribution is 2.31. The molecule has 1 aromatic carbocycles. The van der Waals surface area contributed by atoms with E-state index in [1.54, 1.807) is 12.1 Å². The molecular formula is C13H9ClO2S. The molecule has 2 aromatic rings. The van der Waals surface area contributed by atoms with Crippen LogP contribution in [-0.2, 0) is 6.42 Å². The van der Waals surface area contributed by atoms with Gasteiger partial charge in [0.15, 0.2) is 6.10 Å². The standard InChI is InChI=1S/C13H9ClO2S/c14-12-6-5-11(17-12)13(15)10-7-8-3-1-2-4-9(8)16-10/h1-6,10H,7H2. The summed E-state index contributed by atoms with van der Waals surface area (Å²) >= 11 is 7.12. The van der Waals surface area contributed by atoms with Gasteiger partial charge in [0.1, 0.15) is 5.75 Å². The maximum Gasteiger partial charge on any atom is 0.213 e. The van der Waals surface area contributed by atoms with E-state index >= 15 is 0 Å². The van der Waals surface area contributed by atoms with Crippen LogP contribution in [0.1, 0.15) is 15.2 Å². The van der Waals surface area contributed by atoms with Crippen molar-refractivity contribution in [2.24, 2.45) is 0 Å². The van der Waals surface area contributed by atoms with Crippen molar-refractivity contribution in [1.29, 1.82) is 0 Å². The highest BCUT2D eigenvalue weighted by Gasteiger charge is 2.30. The van der Waals surface area contributed by atoms with E-state index in [1.165, 1.54) is 11.3 Å². The van der Waals surface area contributed by atoms with Crippen LogP contribution in [-0.4, -0.2) is 11.9 Å². The number of thiophene rings is 1. The largest absolute Gasteiger partial charge is 0.482 e. The second-order valence-electron chi connectivity index (χ2n) is 3.89. The van der Waals surface area contributed by atoms with Gasteiger partial charge in [0.2, 0.25) is 5.78 Å². The molecule has 0 N–H and O–H groups in total. The lowest BCUT2D eigenvalue weighted by molar-refractivity contribution is 0.0829. The van der Waals surface area contributed by atoms with Crippen molar-refractivity contribution in [1.82, 2.24) is 0 Å². The van der Waals surface area contributed by atoms with Gasteiger partial charge in [-0.05, 0) is 23.8 Å². The average Bonchev–Trinajstić information content (AvgIpc) is 2.93. The Labute approximate surface area is 108 Å². The van der Waals surface area contributed by atoms with E-state index in [9.17, 15) is 4.79 Å². The number of carbonyl (C=O) groups excluding carboxylic acids is 1. The molecule has 0 amide bonds. The number of hydrogen-bond acceptors (Lipinski definition) is 3. The van der Waals surface area contributed by atoms with E-state index in [0.29, 0.717) is 15.6 Å². The van der Waals surface area contributed by atoms with Crippen molar-refractivity contribution in [3.8, 4) is 5.75 Å². The lowest BCUT2D eigenvalue weighted by atomic mass is 10.1. The maximum absolute atomic E-state index is 12.2. The summed E-state index contributed by atoms with van der Waals surface area (Å²) in [5.41, 5.74) is 1.09. The fourth-order valence-corrected chi connectivity index (χ4v) is 2.96. The summed E-state index contributed by atoms with van der Waals surface area (Å²) in [7, 11) is 0. The number of fused-ring (bicyclic) bond motifs is 1. The summed E-state index contributed by atoms with van der Waals surface area (Å²) in [4.78, 5) is 12.8. The number of ether oxygens (including phenoxy) is 1. The number of ketones is 1. The lowest BCUT2D eigenvalue weighted by Crippen LogP contribution is -2.24. The van der Waals surface area contributed by atoms with Gasteiger partial charge in [-0.1, -0.05) is 29.8 Å². The van der Waals surface area contributed by atoms with Crippen molar-refractivity contribution in [3.05, 3.63) is 51.2 Å². The number of carbonyl (C=O) groups is 1. The van der Waals surface area contributed by atoms with E-state index in [-0.39, 0.29) is 5.78 Å². The Bertz CT molecular complexity index is 551. The number of Topliss-reactive ketones (excluding diaryl/α,β-unsaturated/α-hetero) is 1. The third-order valence-electron chi connectivity index (χ3n) is 2.76. The minimum Gasteiger partial charge on any atom is -0.482 e. The monoisotopic (exact) mass is 264 g/mol. The fourth-order valence-electron chi connectivity index (χ4n) is 1.93. The van der Waals surface area contributed by atoms with E-state index < -0.39 is 6.10 Å². The normalized spacial score (nSPS) is 17.6. The van der Waals surface area contributed by atoms with Gasteiger partial charge >= 0.3 is 0 Å². The van der Waals surface area contributed by atoms with Crippen molar-refractivity contribution < 1.29 is 9.53 Å². The average molecular weight is 265 g/mol. The third-order valence-corrected chi connectivity index (χ3v) is 4.00. The molecule has 86 valence electrons. The summed E-state index contributed by atoms with van der Waals surface area (Å²) in [6, 6.07) is 11.2. The first-order valence-electron chi connectivity index (χ1n) is 5.28. The van der Waals surface area contributed by atoms with E-state index in [4.69, 9.17) is 16.3 Å². The van der Waals surface area contributed by atoms with Crippen LogP contribution in [0.15, 0.2) is 36.4 Å². The molecule has 4 heteroatoms. The van der Waals surface area contributed by atoms with Crippen LogP contribution in [0.3, 0.4) is 0 Å². The van der Waals surface area contributed by atoms with Crippen LogP contribution in [0.2, 0.25) is 4.34 Å². The van der Waals surface area contributed by atoms with Gasteiger partial charge in [0.05, 0.1) is 9.21 Å². The zero-order valence-electron chi connectivity index (χ0n) is 8.85. The Morgan fingerprint density at radius 3 is 2.82 bits per heavy atom. The van der Waals surface area contributed by atoms with Gasteiger partial charge in [0.25, 0.3) is 0 Å². The zero-order valence-corrected chi connectivity index (χ0v) is 10.4. The van der Waals surface area contributed by atoms with E-state index in [0.717, 1.165) is 11.3 Å². The predicted octanol–water partition coefficient (Wildman–Crippen LogP) is 3.59. The molecule has 1 aliphatic heterocycles. The molecular weight excluding hydrogens is 256 g/mol. The highest BCUT2D eigenvalue weighted by molar-refractivity contribution is 7.18. The molecule has 0 saturated carbocycles. The Morgan fingerprint density at radius 1 is 1.29 bits per heavy atom. The molecule has 3 rings (SSSR count). The molecule has 0 fully saturated rings. The number of rotatable bonds is 2. The predicted molar refractivity (Wildman–Crippen MR) is 68.2 cm³/mol. The number of benzene rings is 1. The summed E-state index contributed by atoms with van der Waals surface area (Å²) in [6.45, 7) is 0. The first kappa shape index (κ1) is 10.8. The molecule has 17 heavy (non-hydrogen) atoms. The van der Waals surface area contributed by atoms with Crippen LogP contribution in [0.25, 0.3) is 0 Å². The summed E-state index contributed by atoms with van der Waals surface area (Å²) in [5, 5.41) is 0. The highest BCUT2D eigenvalue weighted by atomic mass is 35.5. The van der Waals surface area contributed by atoms with Crippen molar-refractivity contribution in [2.75, 3.05) is 0 Å². The number of hydrogen-bond donors (Lipinski definition) is 0. The summed E-state index contributed by atoms with van der Waals surface area (Å²) in [6.07, 6.45) is 0.243. The van der Waals surface area contributed by atoms with Gasteiger partial charge in [-0.2, -0.15) is 0 Å². The smallest absolute Gasteiger partial charge is 0.213 e. The van der Waals surface area contributed by atoms with Gasteiger partial charge in [-0.15, -0.1) is 11.3 Å². The van der Waals surface area contributed by atoms with Crippen molar-refractivity contribution >= 4 is 28.7 Å². The molecule has 1 aliphatic rings. The summed E-state index contributed by atoms with van der Waals surface area (Å²) < 4.78 is 6.27. The molecule has 0 bridgehead atoms. The Kier molecular flexibility index (Phi) is 2.65. The molecule has 1 aromatic heterocycles. The van der Waals surface area contributed by atoms with Gasteiger partial charge in [0, 0.05) is 6.42 Å². The molecule has 0 aliphatic carbocycles. The first-order chi connectivity index (χ1) is 8.24. The van der Waals surface area contributed by atoms with Gasteiger partial charge < -0.3 is 4.74 Å². The quantitative estimate of drug-likeness (QED) is 0.775. The van der Waals surface area contributed by atoms with Crippen molar-refractivity contribution in [3.63, 3.8) is 0 Å². The topological polar surface area (TPSA) is 26.3 Å². The second kappa shape index (κ2) is 4.17. The molecule has 0 saturated heterocycles. The van der Waals surface area contributed by atoms with Crippen LogP contribution in [0.5, 0.6) is 5.75 Å². The molecule has 2 heterocycles. The Hall–Kier alpha value is -1.32. The van der Waals surface area contributed by atoms with Gasteiger partial charge in [-0.25, -0.2) is 0 Å². The van der Waals surface area contributed by atoms with Gasteiger partial charge in [-0.3, -0.25) is 4.79 Å². The third kappa shape index (κ3) is 1.96. The molecule has 1 atom stereocenters. The minimum atomic E-state index is -0.401. The number of para-hydroxylation sites is 1. The second-order valence-corrected chi connectivity index (χ2v) is 5.60. The zero-order chi connectivity index (χ0) is 11.8. The molecule has 0 spiro atoms.